The zero-order valence-corrected chi connectivity index (χ0v) is 7.87. The van der Waals surface area contributed by atoms with Gasteiger partial charge < -0.3 is 4.57 Å². The van der Waals surface area contributed by atoms with Crippen LogP contribution in [0.25, 0.3) is 0 Å². The Bertz CT molecular complexity index is 277. The Balaban J connectivity index is 3.08. The zero-order valence-electron chi connectivity index (χ0n) is 6.16. The Hall–Kier alpha value is -0.210. The summed E-state index contributed by atoms with van der Waals surface area (Å²) in [5, 5.41) is 0.874. The Labute approximate surface area is 64.0 Å². The van der Waals surface area contributed by atoms with Crippen molar-refractivity contribution in [2.24, 2.45) is 0 Å². The maximum atomic E-state index is 11.3. The fraction of sp³-hybridized carbons (Fsp3) is 0.600. The molecule has 56 valence electrons. The Kier molecular flexibility index (Phi) is 1.92. The first-order valence-corrected chi connectivity index (χ1v) is 6.23. The molecule has 0 aliphatic carbocycles. The van der Waals surface area contributed by atoms with E-state index < -0.39 is 7.14 Å². The Morgan fingerprint density at radius 1 is 1.50 bits per heavy atom. The maximum absolute atomic E-state index is 11.3. The monoisotopic (exact) mass is 176 g/mol. The average molecular weight is 176 g/mol. The summed E-state index contributed by atoms with van der Waals surface area (Å²) in [6.07, 6.45) is 0. The molecule has 1 rings (SSSR count). The highest BCUT2D eigenvalue weighted by Gasteiger charge is 2.15. The van der Waals surface area contributed by atoms with Gasteiger partial charge in [0.05, 0.1) is 0 Å². The van der Waals surface area contributed by atoms with E-state index >= 15 is 0 Å². The minimum Gasteiger partial charge on any atom is -0.316 e. The van der Waals surface area contributed by atoms with E-state index in [1.54, 1.807) is 13.3 Å². The van der Waals surface area contributed by atoms with Crippen molar-refractivity contribution in [2.45, 2.75) is 6.92 Å². The third-order valence-electron chi connectivity index (χ3n) is 0.999. The van der Waals surface area contributed by atoms with Crippen molar-refractivity contribution in [2.75, 3.05) is 13.3 Å². The summed E-state index contributed by atoms with van der Waals surface area (Å²) in [6.45, 7) is 5.21. The van der Waals surface area contributed by atoms with Crippen LogP contribution in [0.5, 0.6) is 0 Å². The minimum atomic E-state index is -2.21. The first kappa shape index (κ1) is 7.89. The molecule has 0 saturated carbocycles. The molecule has 0 amide bonds. The van der Waals surface area contributed by atoms with Gasteiger partial charge in [-0.1, -0.05) is 0 Å². The van der Waals surface area contributed by atoms with Crippen molar-refractivity contribution in [3.8, 4) is 0 Å². The van der Waals surface area contributed by atoms with Crippen LogP contribution in [0, 0.1) is 6.92 Å². The molecule has 0 aliphatic rings. The lowest BCUT2D eigenvalue weighted by atomic mass is 10.8. The number of aromatic nitrogens is 2. The van der Waals surface area contributed by atoms with Gasteiger partial charge in [0, 0.05) is 0 Å². The molecule has 1 aromatic heterocycles. The summed E-state index contributed by atoms with van der Waals surface area (Å²) in [5.41, 5.74) is 0.509. The van der Waals surface area contributed by atoms with Gasteiger partial charge >= 0.3 is 0 Å². The molecule has 0 spiro atoms. The molecule has 0 bridgehead atoms. The highest BCUT2D eigenvalue weighted by molar-refractivity contribution is 7.69. The number of hydrogen-bond donors (Lipinski definition) is 0. The van der Waals surface area contributed by atoms with Crippen LogP contribution in [-0.4, -0.2) is 22.7 Å². The lowest BCUT2D eigenvalue weighted by molar-refractivity contribution is 0.587. The summed E-state index contributed by atoms with van der Waals surface area (Å²) in [6, 6.07) is 0. The molecule has 0 N–H and O–H groups in total. The minimum absolute atomic E-state index is 0.509. The lowest BCUT2D eigenvalue weighted by Gasteiger charge is -1.96. The van der Waals surface area contributed by atoms with Crippen molar-refractivity contribution in [1.29, 1.82) is 0 Å². The second-order valence-electron chi connectivity index (χ2n) is 2.46. The molecular formula is C5H9N2OPS. The molecule has 10 heavy (non-hydrogen) atoms. The van der Waals surface area contributed by atoms with Crippen molar-refractivity contribution in [3.63, 3.8) is 0 Å². The molecule has 0 atom stereocenters. The van der Waals surface area contributed by atoms with Gasteiger partial charge in [-0.05, 0) is 31.8 Å². The van der Waals surface area contributed by atoms with Crippen LogP contribution in [0.2, 0.25) is 0 Å². The SMILES string of the molecule is Cc1nc(P(C)(C)=O)ns1. The molecule has 0 fully saturated rings. The topological polar surface area (TPSA) is 42.9 Å². The molecule has 0 radical (unpaired) electrons. The quantitative estimate of drug-likeness (QED) is 0.601. The zero-order chi connectivity index (χ0) is 7.78. The van der Waals surface area contributed by atoms with E-state index in [-0.39, 0.29) is 0 Å². The summed E-state index contributed by atoms with van der Waals surface area (Å²) >= 11 is 1.30. The molecule has 1 aromatic rings. The van der Waals surface area contributed by atoms with Crippen LogP contribution < -0.4 is 5.57 Å². The third kappa shape index (κ3) is 1.64. The summed E-state index contributed by atoms with van der Waals surface area (Å²) in [7, 11) is -2.21. The molecule has 5 heteroatoms. The van der Waals surface area contributed by atoms with E-state index in [1.807, 2.05) is 6.92 Å². The summed E-state index contributed by atoms with van der Waals surface area (Å²) in [5.74, 6) is 0. The summed E-state index contributed by atoms with van der Waals surface area (Å²) < 4.78 is 15.3. The van der Waals surface area contributed by atoms with Crippen LogP contribution in [0.3, 0.4) is 0 Å². The Morgan fingerprint density at radius 3 is 2.30 bits per heavy atom. The largest absolute Gasteiger partial charge is 0.316 e. The van der Waals surface area contributed by atoms with Crippen molar-refractivity contribution in [3.05, 3.63) is 5.01 Å². The molecule has 0 saturated heterocycles. The van der Waals surface area contributed by atoms with E-state index in [9.17, 15) is 4.57 Å². The summed E-state index contributed by atoms with van der Waals surface area (Å²) in [4.78, 5) is 4.03. The highest BCUT2D eigenvalue weighted by Crippen LogP contribution is 2.32. The second-order valence-corrected chi connectivity index (χ2v) is 6.52. The molecule has 3 nitrogen and oxygen atoms in total. The van der Waals surface area contributed by atoms with Gasteiger partial charge in [0.15, 0.2) is 0 Å². The van der Waals surface area contributed by atoms with E-state index in [0.717, 1.165) is 5.01 Å². The predicted octanol–water partition coefficient (Wildman–Crippen LogP) is 1.09. The van der Waals surface area contributed by atoms with Gasteiger partial charge in [-0.3, -0.25) is 0 Å². The van der Waals surface area contributed by atoms with Crippen molar-refractivity contribution < 1.29 is 4.57 Å². The predicted molar refractivity (Wildman–Crippen MR) is 43.7 cm³/mol. The fourth-order valence-electron chi connectivity index (χ4n) is 0.507. The van der Waals surface area contributed by atoms with Crippen LogP contribution in [0.1, 0.15) is 5.01 Å². The first-order chi connectivity index (χ1) is 4.50. The third-order valence-corrected chi connectivity index (χ3v) is 2.92. The van der Waals surface area contributed by atoms with Crippen LogP contribution in [-0.2, 0) is 4.57 Å². The van der Waals surface area contributed by atoms with E-state index in [4.69, 9.17) is 0 Å². The van der Waals surface area contributed by atoms with E-state index in [1.165, 1.54) is 11.5 Å². The van der Waals surface area contributed by atoms with E-state index in [0.29, 0.717) is 5.57 Å². The molecule has 1 heterocycles. The number of hydrogen-bond acceptors (Lipinski definition) is 4. The van der Waals surface area contributed by atoms with Gasteiger partial charge in [0.25, 0.3) is 0 Å². The standard InChI is InChI=1S/C5H9N2OPS/c1-4-6-5(7-10-4)9(2,3)8/h1-3H3. The van der Waals surface area contributed by atoms with Crippen molar-refractivity contribution >= 4 is 24.2 Å². The van der Waals surface area contributed by atoms with Crippen molar-refractivity contribution in [1.82, 2.24) is 9.36 Å². The fourth-order valence-corrected chi connectivity index (χ4v) is 2.26. The highest BCUT2D eigenvalue weighted by atomic mass is 32.1. The number of rotatable bonds is 1. The number of aryl methyl sites for hydroxylation is 1. The molecule has 0 aromatic carbocycles. The maximum Gasteiger partial charge on any atom is 0.201 e. The molecular weight excluding hydrogens is 167 g/mol. The molecule has 0 aliphatic heterocycles. The first-order valence-electron chi connectivity index (χ1n) is 2.86. The Morgan fingerprint density at radius 2 is 2.10 bits per heavy atom. The van der Waals surface area contributed by atoms with Gasteiger partial charge in [-0.2, -0.15) is 4.37 Å². The van der Waals surface area contributed by atoms with Crippen LogP contribution in [0.4, 0.5) is 0 Å². The second kappa shape index (κ2) is 2.44. The van der Waals surface area contributed by atoms with Gasteiger partial charge in [-0.15, -0.1) is 0 Å². The smallest absolute Gasteiger partial charge is 0.201 e. The van der Waals surface area contributed by atoms with Crippen LogP contribution >= 0.6 is 18.7 Å². The van der Waals surface area contributed by atoms with Crippen LogP contribution in [0.15, 0.2) is 0 Å². The average Bonchev–Trinajstić information content (AvgIpc) is 2.11. The lowest BCUT2D eigenvalue weighted by Crippen LogP contribution is -2.06. The van der Waals surface area contributed by atoms with Gasteiger partial charge in [0.2, 0.25) is 5.57 Å². The van der Waals surface area contributed by atoms with Gasteiger partial charge in [-0.25, -0.2) is 4.98 Å². The van der Waals surface area contributed by atoms with E-state index in [2.05, 4.69) is 9.36 Å². The van der Waals surface area contributed by atoms with Gasteiger partial charge in [0.1, 0.15) is 12.1 Å². The number of nitrogens with zero attached hydrogens (tertiary/aromatic N) is 2. The normalized spacial score (nSPS) is 11.9. The molecule has 0 unspecified atom stereocenters.